The van der Waals surface area contributed by atoms with Crippen LogP contribution in [-0.4, -0.2) is 100 Å². The highest BCUT2D eigenvalue weighted by Crippen LogP contribution is 2.23. The number of amides is 6. The maximum Gasteiger partial charge on any atom is 0.245 e. The predicted molar refractivity (Wildman–Crippen MR) is 199 cm³/mol. The summed E-state index contributed by atoms with van der Waals surface area (Å²) in [5, 5.41) is 21.5. The summed E-state index contributed by atoms with van der Waals surface area (Å²) in [5.41, 5.74) is 0.660. The van der Waals surface area contributed by atoms with Gasteiger partial charge in [-0.2, -0.15) is 0 Å². The number of rotatable bonds is 10. The highest BCUT2D eigenvalue weighted by Gasteiger charge is 2.41. The van der Waals surface area contributed by atoms with Gasteiger partial charge < -0.3 is 36.2 Å². The van der Waals surface area contributed by atoms with Gasteiger partial charge >= 0.3 is 0 Å². The molecule has 0 spiro atoms. The highest BCUT2D eigenvalue weighted by molar-refractivity contribution is 5.98. The number of likely N-dealkylation sites (N-methyl/N-ethyl adjacent to an activating group) is 1. The summed E-state index contributed by atoms with van der Waals surface area (Å²) in [5.74, 6) is -2.87. The number of phenols is 1. The lowest BCUT2D eigenvalue weighted by Crippen LogP contribution is -2.62. The van der Waals surface area contributed by atoms with Gasteiger partial charge in [-0.05, 0) is 79.9 Å². The van der Waals surface area contributed by atoms with Gasteiger partial charge in [-0.15, -0.1) is 0 Å². The predicted octanol–water partition coefficient (Wildman–Crippen LogP) is 2.89. The Morgan fingerprint density at radius 1 is 0.615 bits per heavy atom. The van der Waals surface area contributed by atoms with E-state index in [-0.39, 0.29) is 42.3 Å². The monoisotopic (exact) mass is 726 g/mol. The van der Waals surface area contributed by atoms with E-state index in [1.165, 1.54) is 29.0 Å². The van der Waals surface area contributed by atoms with Crippen molar-refractivity contribution < 1.29 is 33.9 Å². The molecule has 6 atom stereocenters. The Labute approximate surface area is 309 Å². The maximum atomic E-state index is 14.3. The second-order valence-electron chi connectivity index (χ2n) is 16.3. The Bertz CT molecular complexity index is 1410. The van der Waals surface area contributed by atoms with Crippen LogP contribution in [0.25, 0.3) is 0 Å². The van der Waals surface area contributed by atoms with Crippen molar-refractivity contribution in [3.8, 4) is 5.75 Å². The molecule has 0 unspecified atom stereocenters. The van der Waals surface area contributed by atoms with E-state index in [1.807, 2.05) is 55.4 Å². The fourth-order valence-electron chi connectivity index (χ4n) is 7.04. The fraction of sp³-hybridized carbons (Fsp3) is 0.692. The van der Waals surface area contributed by atoms with Crippen LogP contribution in [0.3, 0.4) is 0 Å². The Hall–Kier alpha value is -4.16. The smallest absolute Gasteiger partial charge is 0.245 e. The van der Waals surface area contributed by atoms with Crippen molar-refractivity contribution in [3.05, 3.63) is 29.8 Å². The van der Waals surface area contributed by atoms with E-state index in [0.717, 1.165) is 0 Å². The minimum absolute atomic E-state index is 0.00530. The molecule has 2 fully saturated rings. The number of hydrogen-bond donors (Lipinski definition) is 5. The van der Waals surface area contributed by atoms with Crippen molar-refractivity contribution in [2.24, 2.45) is 23.7 Å². The molecule has 2 aliphatic heterocycles. The SMILES string of the molecule is CC(C)C[C@@H]1NC(=O)[C@@H](CC(C)C)N(C)C(=O)[C@H](CC(C)C)NC(=O)[C@H](Cc2ccc(O)cc2)NC(=O)[C@H]2CCCN2C(=O)[C@H](CC(C)C)NC1=O. The third-order valence-corrected chi connectivity index (χ3v) is 9.64. The van der Waals surface area contributed by atoms with Crippen LogP contribution < -0.4 is 21.3 Å². The number of fused-ring (bicyclic) bond motifs is 1. The van der Waals surface area contributed by atoms with Gasteiger partial charge in [-0.25, -0.2) is 0 Å². The lowest BCUT2D eigenvalue weighted by Gasteiger charge is -2.35. The second kappa shape index (κ2) is 19.1. The Morgan fingerprint density at radius 2 is 1.08 bits per heavy atom. The molecular weight excluding hydrogens is 664 g/mol. The van der Waals surface area contributed by atoms with Crippen LogP contribution in [0.15, 0.2) is 24.3 Å². The number of carbonyl (C=O) groups is 6. The summed E-state index contributed by atoms with van der Waals surface area (Å²) in [7, 11) is 1.53. The lowest BCUT2D eigenvalue weighted by atomic mass is 9.96. The number of hydrogen-bond acceptors (Lipinski definition) is 7. The molecule has 13 heteroatoms. The van der Waals surface area contributed by atoms with Crippen LogP contribution in [0.5, 0.6) is 5.75 Å². The average Bonchev–Trinajstić information content (AvgIpc) is 3.55. The second-order valence-corrected chi connectivity index (χ2v) is 16.3. The highest BCUT2D eigenvalue weighted by atomic mass is 16.3. The first-order valence-electron chi connectivity index (χ1n) is 18.9. The lowest BCUT2D eigenvalue weighted by molar-refractivity contribution is -0.145. The zero-order valence-corrected chi connectivity index (χ0v) is 32.5. The molecule has 13 nitrogen and oxygen atoms in total. The summed E-state index contributed by atoms with van der Waals surface area (Å²) in [6.45, 7) is 15.8. The van der Waals surface area contributed by atoms with Crippen LogP contribution >= 0.6 is 0 Å². The summed E-state index contributed by atoms with van der Waals surface area (Å²) in [6, 6.07) is 0.375. The zero-order valence-electron chi connectivity index (χ0n) is 32.5. The molecule has 290 valence electrons. The fourth-order valence-corrected chi connectivity index (χ4v) is 7.04. The molecule has 0 bridgehead atoms. The molecular formula is C39H62N6O7. The zero-order chi connectivity index (χ0) is 38.9. The van der Waals surface area contributed by atoms with E-state index >= 15 is 0 Å². The van der Waals surface area contributed by atoms with E-state index in [1.54, 1.807) is 12.1 Å². The van der Waals surface area contributed by atoms with Crippen molar-refractivity contribution in [1.82, 2.24) is 31.1 Å². The average molecular weight is 727 g/mol. The quantitative estimate of drug-likeness (QED) is 0.246. The number of nitrogens with zero attached hydrogens (tertiary/aromatic N) is 2. The van der Waals surface area contributed by atoms with Gasteiger partial charge in [0.2, 0.25) is 35.4 Å². The van der Waals surface area contributed by atoms with Crippen LogP contribution in [0, 0.1) is 23.7 Å². The largest absolute Gasteiger partial charge is 0.508 e. The molecule has 6 amide bonds. The Kier molecular flexibility index (Phi) is 15.5. The third kappa shape index (κ3) is 11.9. The van der Waals surface area contributed by atoms with Crippen LogP contribution in [0.2, 0.25) is 0 Å². The normalized spacial score (nSPS) is 25.9. The molecule has 0 aliphatic carbocycles. The summed E-state index contributed by atoms with van der Waals surface area (Å²) in [4.78, 5) is 87.6. The van der Waals surface area contributed by atoms with E-state index in [0.29, 0.717) is 44.2 Å². The first-order chi connectivity index (χ1) is 24.4. The minimum Gasteiger partial charge on any atom is -0.508 e. The molecule has 0 radical (unpaired) electrons. The Balaban J connectivity index is 2.15. The van der Waals surface area contributed by atoms with Crippen LogP contribution in [0.4, 0.5) is 0 Å². The number of phenolic OH excluding ortho intramolecular Hbond substituents is 1. The molecule has 1 aromatic carbocycles. The number of benzene rings is 1. The molecule has 1 aromatic rings. The van der Waals surface area contributed by atoms with E-state index < -0.39 is 71.7 Å². The van der Waals surface area contributed by atoms with Crippen molar-refractivity contribution in [2.45, 2.75) is 137 Å². The summed E-state index contributed by atoms with van der Waals surface area (Å²) >= 11 is 0. The van der Waals surface area contributed by atoms with Crippen molar-refractivity contribution in [2.75, 3.05) is 13.6 Å². The van der Waals surface area contributed by atoms with Gasteiger partial charge in [0.05, 0.1) is 0 Å². The molecule has 2 saturated heterocycles. The van der Waals surface area contributed by atoms with Gasteiger partial charge in [0.15, 0.2) is 0 Å². The molecule has 2 aliphatic rings. The van der Waals surface area contributed by atoms with Gasteiger partial charge in [0.25, 0.3) is 0 Å². The van der Waals surface area contributed by atoms with Gasteiger partial charge in [-0.3, -0.25) is 28.8 Å². The van der Waals surface area contributed by atoms with E-state index in [2.05, 4.69) is 21.3 Å². The first kappa shape index (κ1) is 42.3. The maximum absolute atomic E-state index is 14.3. The molecule has 52 heavy (non-hydrogen) atoms. The van der Waals surface area contributed by atoms with Gasteiger partial charge in [-0.1, -0.05) is 67.5 Å². The number of aromatic hydroxyl groups is 1. The molecule has 5 N–H and O–H groups in total. The van der Waals surface area contributed by atoms with Crippen LogP contribution in [-0.2, 0) is 35.2 Å². The van der Waals surface area contributed by atoms with Gasteiger partial charge in [0.1, 0.15) is 42.0 Å². The van der Waals surface area contributed by atoms with E-state index in [4.69, 9.17) is 0 Å². The minimum atomic E-state index is -1.13. The van der Waals surface area contributed by atoms with Crippen molar-refractivity contribution in [1.29, 1.82) is 0 Å². The molecule has 0 saturated carbocycles. The molecule has 2 heterocycles. The van der Waals surface area contributed by atoms with Gasteiger partial charge in [0, 0.05) is 20.0 Å². The summed E-state index contributed by atoms with van der Waals surface area (Å²) in [6.07, 6.45) is 2.17. The number of carbonyl (C=O) groups excluding carboxylic acids is 6. The molecule has 3 rings (SSSR count). The summed E-state index contributed by atoms with van der Waals surface area (Å²) < 4.78 is 0. The van der Waals surface area contributed by atoms with Crippen LogP contribution in [0.1, 0.15) is 99.5 Å². The number of nitrogens with one attached hydrogen (secondary N) is 4. The standard InChI is InChI=1S/C39H62N6O7/c1-22(2)17-28-34(47)43-31(19-24(5)6)39(52)45-16-10-11-32(45)36(49)41-29(21-26-12-14-27(46)15-13-26)35(48)42-30(18-23(3)4)38(51)44(9)33(20-25(7)8)37(50)40-28/h12-15,22-25,28-33,46H,10-11,16-21H2,1-9H3,(H,40,50)(H,41,49)(H,42,48)(H,43,47)/t28-,29-,30-,31-,32+,33+/m0/s1. The van der Waals surface area contributed by atoms with E-state index in [9.17, 15) is 33.9 Å². The Morgan fingerprint density at radius 3 is 1.62 bits per heavy atom. The molecule has 0 aromatic heterocycles. The topological polar surface area (TPSA) is 177 Å². The first-order valence-corrected chi connectivity index (χ1v) is 18.9. The van der Waals surface area contributed by atoms with Crippen molar-refractivity contribution >= 4 is 35.4 Å². The third-order valence-electron chi connectivity index (χ3n) is 9.64. The van der Waals surface area contributed by atoms with Crippen molar-refractivity contribution in [3.63, 3.8) is 0 Å².